The molecule has 0 amide bonds. The van der Waals surface area contributed by atoms with Crippen molar-refractivity contribution in [2.24, 2.45) is 0 Å². The summed E-state index contributed by atoms with van der Waals surface area (Å²) < 4.78 is 48.7. The monoisotopic (exact) mass is 339 g/mol. The smallest absolute Gasteiger partial charge is 0.416 e. The number of carbonyl (C=O) groups is 1. The predicted molar refractivity (Wildman–Crippen MR) is 81.2 cm³/mol. The van der Waals surface area contributed by atoms with Gasteiger partial charge in [-0.2, -0.15) is 13.2 Å². The number of ether oxygens (including phenoxy) is 2. The van der Waals surface area contributed by atoms with Crippen LogP contribution >= 0.6 is 0 Å². The maximum atomic E-state index is 12.7. The van der Waals surface area contributed by atoms with Crippen molar-refractivity contribution in [1.29, 1.82) is 0 Å². The fourth-order valence-electron chi connectivity index (χ4n) is 2.11. The van der Waals surface area contributed by atoms with E-state index in [1.165, 1.54) is 19.2 Å². The van der Waals surface area contributed by atoms with E-state index in [1.54, 1.807) is 19.9 Å². The molecule has 0 fully saturated rings. The maximum Gasteiger partial charge on any atom is 0.416 e. The van der Waals surface area contributed by atoms with Crippen LogP contribution in [0.2, 0.25) is 0 Å². The Bertz CT molecular complexity index is 757. The minimum atomic E-state index is -4.43. The topological polar surface area (TPSA) is 48.4 Å². The van der Waals surface area contributed by atoms with Gasteiger partial charge in [0.25, 0.3) is 0 Å². The Morgan fingerprint density at radius 3 is 2.46 bits per heavy atom. The van der Waals surface area contributed by atoms with E-state index in [1.807, 2.05) is 0 Å². The van der Waals surface area contributed by atoms with Gasteiger partial charge in [0.1, 0.15) is 11.3 Å². The number of halogens is 3. The minimum Gasteiger partial charge on any atom is -0.462 e. The summed E-state index contributed by atoms with van der Waals surface area (Å²) >= 11 is 0. The molecule has 2 rings (SSSR count). The zero-order valence-electron chi connectivity index (χ0n) is 13.4. The molecule has 0 atom stereocenters. The van der Waals surface area contributed by atoms with Crippen LogP contribution in [0.4, 0.5) is 13.2 Å². The van der Waals surface area contributed by atoms with Gasteiger partial charge in [-0.15, -0.1) is 0 Å². The largest absolute Gasteiger partial charge is 0.462 e. The van der Waals surface area contributed by atoms with E-state index in [2.05, 4.69) is 4.98 Å². The molecule has 0 spiro atoms. The van der Waals surface area contributed by atoms with Gasteiger partial charge in [0.15, 0.2) is 0 Å². The molecule has 0 aliphatic heterocycles. The van der Waals surface area contributed by atoms with Crippen LogP contribution in [0, 0.1) is 13.8 Å². The van der Waals surface area contributed by atoms with Gasteiger partial charge in [-0.25, -0.2) is 9.78 Å². The lowest BCUT2D eigenvalue weighted by atomic mass is 10.1. The molecular formula is C17H16F3NO3. The van der Waals surface area contributed by atoms with E-state index < -0.39 is 17.7 Å². The minimum absolute atomic E-state index is 0.00342. The van der Waals surface area contributed by atoms with Crippen LogP contribution in [-0.2, 0) is 10.9 Å². The molecular weight excluding hydrogens is 323 g/mol. The highest BCUT2D eigenvalue weighted by molar-refractivity contribution is 5.93. The highest BCUT2D eigenvalue weighted by Gasteiger charge is 2.31. The maximum absolute atomic E-state index is 12.7. The summed E-state index contributed by atoms with van der Waals surface area (Å²) in [5.74, 6) is -0.411. The van der Waals surface area contributed by atoms with E-state index in [9.17, 15) is 18.0 Å². The molecule has 0 radical (unpaired) electrons. The SMILES string of the molecule is CCOC(=O)c1c(C)ccnc1Oc1ccc(C(F)(F)F)cc1C. The summed E-state index contributed by atoms with van der Waals surface area (Å²) in [5, 5.41) is 0. The Kier molecular flexibility index (Phi) is 5.11. The summed E-state index contributed by atoms with van der Waals surface area (Å²) in [5.41, 5.74) is 0.264. The number of benzene rings is 1. The first-order chi connectivity index (χ1) is 11.2. The molecule has 0 N–H and O–H groups in total. The van der Waals surface area contributed by atoms with Gasteiger partial charge < -0.3 is 9.47 Å². The third-order valence-corrected chi connectivity index (χ3v) is 3.31. The van der Waals surface area contributed by atoms with E-state index in [-0.39, 0.29) is 29.4 Å². The first-order valence-corrected chi connectivity index (χ1v) is 7.22. The zero-order valence-corrected chi connectivity index (χ0v) is 13.4. The van der Waals surface area contributed by atoms with Crippen LogP contribution < -0.4 is 4.74 Å². The lowest BCUT2D eigenvalue weighted by Crippen LogP contribution is -2.10. The lowest BCUT2D eigenvalue weighted by molar-refractivity contribution is -0.137. The summed E-state index contributed by atoms with van der Waals surface area (Å²) in [6.07, 6.45) is -2.98. The molecule has 0 unspecified atom stereocenters. The Morgan fingerprint density at radius 2 is 1.88 bits per heavy atom. The van der Waals surface area contributed by atoms with E-state index in [4.69, 9.17) is 9.47 Å². The average Bonchev–Trinajstić information content (AvgIpc) is 2.48. The first-order valence-electron chi connectivity index (χ1n) is 7.22. The highest BCUT2D eigenvalue weighted by atomic mass is 19.4. The summed E-state index contributed by atoms with van der Waals surface area (Å²) in [4.78, 5) is 16.1. The molecule has 2 aromatic rings. The summed E-state index contributed by atoms with van der Waals surface area (Å²) in [6, 6.07) is 4.73. The Hall–Kier alpha value is -2.57. The first kappa shape index (κ1) is 17.8. The molecule has 0 aliphatic carbocycles. The fourth-order valence-corrected chi connectivity index (χ4v) is 2.11. The van der Waals surface area contributed by atoms with Crippen LogP contribution in [-0.4, -0.2) is 17.6 Å². The van der Waals surface area contributed by atoms with Crippen molar-refractivity contribution >= 4 is 5.97 Å². The van der Waals surface area contributed by atoms with Crippen molar-refractivity contribution in [2.45, 2.75) is 26.9 Å². The van der Waals surface area contributed by atoms with Gasteiger partial charge in [0.05, 0.1) is 12.2 Å². The molecule has 4 nitrogen and oxygen atoms in total. The van der Waals surface area contributed by atoms with Crippen molar-refractivity contribution in [3.8, 4) is 11.6 Å². The van der Waals surface area contributed by atoms with Gasteiger partial charge >= 0.3 is 12.1 Å². The van der Waals surface area contributed by atoms with Gasteiger partial charge in [-0.3, -0.25) is 0 Å². The quantitative estimate of drug-likeness (QED) is 0.759. The van der Waals surface area contributed by atoms with Crippen molar-refractivity contribution in [3.63, 3.8) is 0 Å². The fraction of sp³-hybridized carbons (Fsp3) is 0.294. The third kappa shape index (κ3) is 3.84. The zero-order chi connectivity index (χ0) is 17.9. The standard InChI is InChI=1S/C17H16F3NO3/c1-4-23-16(22)14-10(2)7-8-21-15(14)24-13-6-5-12(9-11(13)3)17(18,19)20/h5-9H,4H2,1-3H3. The molecule has 7 heteroatoms. The molecule has 0 bridgehead atoms. The van der Waals surface area contributed by atoms with Gasteiger partial charge in [0.2, 0.25) is 5.88 Å². The van der Waals surface area contributed by atoms with Crippen molar-refractivity contribution < 1.29 is 27.4 Å². The van der Waals surface area contributed by atoms with E-state index >= 15 is 0 Å². The molecule has 0 aliphatic rings. The van der Waals surface area contributed by atoms with Crippen LogP contribution in [0.15, 0.2) is 30.5 Å². The van der Waals surface area contributed by atoms with Crippen LogP contribution in [0.25, 0.3) is 0 Å². The summed E-state index contributed by atoms with van der Waals surface area (Å²) in [7, 11) is 0. The Balaban J connectivity index is 2.39. The number of hydrogen-bond donors (Lipinski definition) is 0. The van der Waals surface area contributed by atoms with Crippen LogP contribution in [0.5, 0.6) is 11.6 Å². The second-order valence-corrected chi connectivity index (χ2v) is 5.11. The molecule has 1 aromatic heterocycles. The molecule has 128 valence electrons. The third-order valence-electron chi connectivity index (χ3n) is 3.31. The van der Waals surface area contributed by atoms with Gasteiger partial charge in [-0.05, 0) is 56.2 Å². The molecule has 0 saturated heterocycles. The number of aryl methyl sites for hydroxylation is 2. The highest BCUT2D eigenvalue weighted by Crippen LogP contribution is 2.34. The number of carbonyl (C=O) groups excluding carboxylic acids is 1. The Morgan fingerprint density at radius 1 is 1.17 bits per heavy atom. The second kappa shape index (κ2) is 6.90. The molecule has 0 saturated carbocycles. The number of esters is 1. The second-order valence-electron chi connectivity index (χ2n) is 5.11. The lowest BCUT2D eigenvalue weighted by Gasteiger charge is -2.14. The van der Waals surface area contributed by atoms with E-state index in [0.717, 1.165) is 12.1 Å². The normalized spacial score (nSPS) is 11.2. The molecule has 24 heavy (non-hydrogen) atoms. The predicted octanol–water partition coefficient (Wildman–Crippen LogP) is 4.69. The van der Waals surface area contributed by atoms with E-state index in [0.29, 0.717) is 5.56 Å². The summed E-state index contributed by atoms with van der Waals surface area (Å²) in [6.45, 7) is 5.04. The van der Waals surface area contributed by atoms with Gasteiger partial charge in [0, 0.05) is 6.20 Å². The molecule has 1 aromatic carbocycles. The van der Waals surface area contributed by atoms with Gasteiger partial charge in [-0.1, -0.05) is 0 Å². The number of alkyl halides is 3. The molecule has 1 heterocycles. The van der Waals surface area contributed by atoms with Crippen LogP contribution in [0.3, 0.4) is 0 Å². The number of pyridine rings is 1. The number of nitrogens with zero attached hydrogens (tertiary/aromatic N) is 1. The van der Waals surface area contributed by atoms with Crippen molar-refractivity contribution in [1.82, 2.24) is 4.98 Å². The Labute approximate surface area is 137 Å². The van der Waals surface area contributed by atoms with Crippen LogP contribution in [0.1, 0.15) is 34.0 Å². The number of aromatic nitrogens is 1. The van der Waals surface area contributed by atoms with Crippen molar-refractivity contribution in [3.05, 3.63) is 52.7 Å². The van der Waals surface area contributed by atoms with Crippen molar-refractivity contribution in [2.75, 3.05) is 6.61 Å². The average molecular weight is 339 g/mol. The number of rotatable bonds is 4. The number of hydrogen-bond acceptors (Lipinski definition) is 4.